The second kappa shape index (κ2) is 9.52. The lowest BCUT2D eigenvalue weighted by atomic mass is 10.1. The van der Waals surface area contributed by atoms with Crippen LogP contribution in [0.25, 0.3) is 0 Å². The van der Waals surface area contributed by atoms with Crippen LogP contribution in [0, 0.1) is 0 Å². The molecule has 1 heterocycles. The summed E-state index contributed by atoms with van der Waals surface area (Å²) >= 11 is 0. The highest BCUT2D eigenvalue weighted by molar-refractivity contribution is 5.94. The van der Waals surface area contributed by atoms with Gasteiger partial charge in [0, 0.05) is 19.3 Å². The zero-order chi connectivity index (χ0) is 18.1. The summed E-state index contributed by atoms with van der Waals surface area (Å²) in [5.41, 5.74) is 1.71. The topological polar surface area (TPSA) is 72.5 Å². The standard InChI is InChI=1S/C19H25N3O3/c1-4-10-21-19(23)15-6-8-18(22-13-15)20-11-9-14-5-7-16(24-2)17(12-14)25-3/h5-8,12-13H,4,9-11H2,1-3H3,(H,20,22)(H,21,23). The van der Waals surface area contributed by atoms with Crippen LogP contribution in [0.3, 0.4) is 0 Å². The van der Waals surface area contributed by atoms with Crippen molar-refractivity contribution < 1.29 is 14.3 Å². The number of nitrogens with one attached hydrogen (secondary N) is 2. The molecule has 0 aliphatic carbocycles. The molecule has 6 nitrogen and oxygen atoms in total. The monoisotopic (exact) mass is 343 g/mol. The first kappa shape index (κ1) is 18.6. The summed E-state index contributed by atoms with van der Waals surface area (Å²) in [6.07, 6.45) is 3.32. The van der Waals surface area contributed by atoms with Gasteiger partial charge >= 0.3 is 0 Å². The number of methoxy groups -OCH3 is 2. The Kier molecular flexibility index (Phi) is 7.07. The number of amides is 1. The molecule has 0 saturated carbocycles. The number of carbonyl (C=O) groups excluding carboxylic acids is 1. The number of benzene rings is 1. The summed E-state index contributed by atoms with van der Waals surface area (Å²) < 4.78 is 10.5. The van der Waals surface area contributed by atoms with Crippen molar-refractivity contribution in [3.63, 3.8) is 0 Å². The first-order valence-electron chi connectivity index (χ1n) is 8.37. The van der Waals surface area contributed by atoms with Crippen molar-refractivity contribution in [2.75, 3.05) is 32.6 Å². The van der Waals surface area contributed by atoms with E-state index < -0.39 is 0 Å². The van der Waals surface area contributed by atoms with E-state index in [1.165, 1.54) is 0 Å². The SMILES string of the molecule is CCCNC(=O)c1ccc(NCCc2ccc(OC)c(OC)c2)nc1. The molecule has 1 aromatic carbocycles. The summed E-state index contributed by atoms with van der Waals surface area (Å²) in [5.74, 6) is 2.09. The minimum absolute atomic E-state index is 0.0915. The minimum Gasteiger partial charge on any atom is -0.493 e. The van der Waals surface area contributed by atoms with Gasteiger partial charge in [-0.15, -0.1) is 0 Å². The maximum atomic E-state index is 11.8. The largest absolute Gasteiger partial charge is 0.493 e. The number of nitrogens with zero attached hydrogens (tertiary/aromatic N) is 1. The fraction of sp³-hybridized carbons (Fsp3) is 0.368. The molecule has 2 rings (SSSR count). The zero-order valence-corrected chi connectivity index (χ0v) is 15.0. The fourth-order valence-electron chi connectivity index (χ4n) is 2.34. The van der Waals surface area contributed by atoms with Crippen LogP contribution < -0.4 is 20.1 Å². The molecule has 0 aliphatic rings. The molecule has 2 aromatic rings. The number of aromatic nitrogens is 1. The molecule has 0 saturated heterocycles. The lowest BCUT2D eigenvalue weighted by molar-refractivity contribution is 0.0953. The van der Waals surface area contributed by atoms with Gasteiger partial charge < -0.3 is 20.1 Å². The zero-order valence-electron chi connectivity index (χ0n) is 15.0. The number of rotatable bonds is 9. The van der Waals surface area contributed by atoms with Crippen molar-refractivity contribution in [3.05, 3.63) is 47.7 Å². The maximum absolute atomic E-state index is 11.8. The molecular formula is C19H25N3O3. The van der Waals surface area contributed by atoms with Gasteiger partial charge in [-0.3, -0.25) is 4.79 Å². The van der Waals surface area contributed by atoms with Crippen LogP contribution in [0.5, 0.6) is 11.5 Å². The Bertz CT molecular complexity index is 687. The number of carbonyl (C=O) groups is 1. The van der Waals surface area contributed by atoms with E-state index in [0.717, 1.165) is 42.3 Å². The van der Waals surface area contributed by atoms with E-state index in [1.807, 2.05) is 31.2 Å². The van der Waals surface area contributed by atoms with E-state index in [4.69, 9.17) is 9.47 Å². The molecule has 0 atom stereocenters. The molecule has 2 N–H and O–H groups in total. The van der Waals surface area contributed by atoms with Gasteiger partial charge in [0.2, 0.25) is 0 Å². The molecule has 0 bridgehead atoms. The van der Waals surface area contributed by atoms with Gasteiger partial charge in [-0.05, 0) is 42.7 Å². The number of hydrogen-bond donors (Lipinski definition) is 2. The minimum atomic E-state index is -0.0915. The predicted molar refractivity (Wildman–Crippen MR) is 98.6 cm³/mol. The molecule has 0 aliphatic heterocycles. The van der Waals surface area contributed by atoms with E-state index in [0.29, 0.717) is 12.1 Å². The first-order chi connectivity index (χ1) is 12.2. The first-order valence-corrected chi connectivity index (χ1v) is 8.37. The molecule has 6 heteroatoms. The van der Waals surface area contributed by atoms with Gasteiger partial charge in [0.05, 0.1) is 19.8 Å². The summed E-state index contributed by atoms with van der Waals surface area (Å²) in [6, 6.07) is 9.47. The number of ether oxygens (including phenoxy) is 2. The van der Waals surface area contributed by atoms with E-state index in [9.17, 15) is 4.79 Å². The van der Waals surface area contributed by atoms with Crippen molar-refractivity contribution >= 4 is 11.7 Å². The van der Waals surface area contributed by atoms with Crippen LogP contribution in [-0.2, 0) is 6.42 Å². The van der Waals surface area contributed by atoms with Gasteiger partial charge in [0.1, 0.15) is 5.82 Å². The fourth-order valence-corrected chi connectivity index (χ4v) is 2.34. The molecular weight excluding hydrogens is 318 g/mol. The van der Waals surface area contributed by atoms with E-state index >= 15 is 0 Å². The van der Waals surface area contributed by atoms with Crippen molar-refractivity contribution in [2.45, 2.75) is 19.8 Å². The van der Waals surface area contributed by atoms with Crippen LogP contribution in [0.15, 0.2) is 36.5 Å². The van der Waals surface area contributed by atoms with Crippen LogP contribution in [-0.4, -0.2) is 38.2 Å². The third-order valence-corrected chi connectivity index (χ3v) is 3.73. The Morgan fingerprint density at radius 1 is 1.08 bits per heavy atom. The third kappa shape index (κ3) is 5.38. The lowest BCUT2D eigenvalue weighted by Crippen LogP contribution is -2.24. The average molecular weight is 343 g/mol. The smallest absolute Gasteiger partial charge is 0.252 e. The lowest BCUT2D eigenvalue weighted by Gasteiger charge is -2.10. The van der Waals surface area contributed by atoms with Crippen LogP contribution in [0.1, 0.15) is 29.3 Å². The summed E-state index contributed by atoms with van der Waals surface area (Å²) in [5, 5.41) is 6.09. The maximum Gasteiger partial charge on any atom is 0.252 e. The van der Waals surface area contributed by atoms with Gasteiger partial charge in [-0.2, -0.15) is 0 Å². The van der Waals surface area contributed by atoms with Gasteiger partial charge in [-0.25, -0.2) is 4.98 Å². The van der Waals surface area contributed by atoms with Gasteiger partial charge in [0.15, 0.2) is 11.5 Å². The Hall–Kier alpha value is -2.76. The molecule has 1 aromatic heterocycles. The molecule has 1 amide bonds. The molecule has 0 fully saturated rings. The highest BCUT2D eigenvalue weighted by atomic mass is 16.5. The summed E-state index contributed by atoms with van der Waals surface area (Å²) in [6.45, 7) is 3.41. The third-order valence-electron chi connectivity index (χ3n) is 3.73. The average Bonchev–Trinajstić information content (AvgIpc) is 2.66. The Morgan fingerprint density at radius 3 is 2.52 bits per heavy atom. The van der Waals surface area contributed by atoms with Crippen molar-refractivity contribution in [2.24, 2.45) is 0 Å². The number of pyridine rings is 1. The summed E-state index contributed by atoms with van der Waals surface area (Å²) in [4.78, 5) is 16.1. The molecule has 25 heavy (non-hydrogen) atoms. The number of hydrogen-bond acceptors (Lipinski definition) is 5. The van der Waals surface area contributed by atoms with Crippen molar-refractivity contribution in [3.8, 4) is 11.5 Å². The molecule has 0 spiro atoms. The van der Waals surface area contributed by atoms with Gasteiger partial charge in [0.25, 0.3) is 5.91 Å². The van der Waals surface area contributed by atoms with E-state index in [1.54, 1.807) is 26.5 Å². The molecule has 0 radical (unpaired) electrons. The summed E-state index contributed by atoms with van der Waals surface area (Å²) in [7, 11) is 3.25. The van der Waals surface area contributed by atoms with Crippen LogP contribution >= 0.6 is 0 Å². The Morgan fingerprint density at radius 2 is 1.88 bits per heavy atom. The van der Waals surface area contributed by atoms with Gasteiger partial charge in [-0.1, -0.05) is 13.0 Å². The van der Waals surface area contributed by atoms with Crippen molar-refractivity contribution in [1.29, 1.82) is 0 Å². The Labute approximate surface area is 148 Å². The molecule has 0 unspecified atom stereocenters. The van der Waals surface area contributed by atoms with Crippen LogP contribution in [0.2, 0.25) is 0 Å². The highest BCUT2D eigenvalue weighted by Gasteiger charge is 2.06. The predicted octanol–water partition coefficient (Wildman–Crippen LogP) is 2.89. The van der Waals surface area contributed by atoms with Crippen LogP contribution in [0.4, 0.5) is 5.82 Å². The molecule has 134 valence electrons. The van der Waals surface area contributed by atoms with E-state index in [-0.39, 0.29) is 5.91 Å². The highest BCUT2D eigenvalue weighted by Crippen LogP contribution is 2.27. The normalized spacial score (nSPS) is 10.2. The second-order valence-electron chi connectivity index (χ2n) is 5.55. The Balaban J connectivity index is 1.86. The quantitative estimate of drug-likeness (QED) is 0.732. The number of anilines is 1. The second-order valence-corrected chi connectivity index (χ2v) is 5.55. The van der Waals surface area contributed by atoms with Crippen molar-refractivity contribution in [1.82, 2.24) is 10.3 Å². The van der Waals surface area contributed by atoms with E-state index in [2.05, 4.69) is 15.6 Å².